The first-order chi connectivity index (χ1) is 5.87. The van der Waals surface area contributed by atoms with Gasteiger partial charge in [-0.1, -0.05) is 0 Å². The van der Waals surface area contributed by atoms with Crippen LogP contribution in [0.15, 0.2) is 12.1 Å². The van der Waals surface area contributed by atoms with Crippen LogP contribution < -0.4 is 4.74 Å². The van der Waals surface area contributed by atoms with Crippen LogP contribution in [0.1, 0.15) is 0 Å². The molecule has 13 heavy (non-hydrogen) atoms. The molecule has 0 aliphatic rings. The second kappa shape index (κ2) is 3.64. The number of pyridine rings is 1. The first-order valence-corrected chi connectivity index (χ1v) is 4.03. The molecule has 1 rings (SSSR count). The van der Waals surface area contributed by atoms with E-state index in [1.54, 1.807) is 22.6 Å². The highest BCUT2D eigenvalue weighted by Gasteiger charge is 2.31. The van der Waals surface area contributed by atoms with Crippen molar-refractivity contribution in [1.82, 2.24) is 4.98 Å². The van der Waals surface area contributed by atoms with Crippen LogP contribution in [0.2, 0.25) is 0 Å². The van der Waals surface area contributed by atoms with Crippen molar-refractivity contribution < 1.29 is 22.3 Å². The third kappa shape index (κ3) is 3.75. The van der Waals surface area contributed by atoms with Gasteiger partial charge in [-0.3, -0.25) is 0 Å². The molecular formula is C6H2F4INO. The second-order valence-corrected chi connectivity index (χ2v) is 3.10. The largest absolute Gasteiger partial charge is 0.573 e. The third-order valence-electron chi connectivity index (χ3n) is 0.970. The monoisotopic (exact) mass is 307 g/mol. The quantitative estimate of drug-likeness (QED) is 0.452. The van der Waals surface area contributed by atoms with Gasteiger partial charge in [-0.2, -0.15) is 4.39 Å². The molecule has 72 valence electrons. The van der Waals surface area contributed by atoms with Gasteiger partial charge in [0.1, 0.15) is 9.45 Å². The lowest BCUT2D eigenvalue weighted by atomic mass is 10.4. The highest BCUT2D eigenvalue weighted by Crippen LogP contribution is 2.23. The van der Waals surface area contributed by atoms with Crippen molar-refractivity contribution in [2.45, 2.75) is 6.36 Å². The van der Waals surface area contributed by atoms with Gasteiger partial charge < -0.3 is 4.74 Å². The standard InChI is InChI=1S/C6H2F4INO/c7-4-1-3(2-5(11)12-4)13-6(8,9)10/h1-2H. The molecule has 0 aromatic carbocycles. The van der Waals surface area contributed by atoms with Crippen LogP contribution in [-0.4, -0.2) is 11.3 Å². The zero-order valence-corrected chi connectivity index (χ0v) is 8.06. The fourth-order valence-corrected chi connectivity index (χ4v) is 1.17. The molecule has 7 heteroatoms. The van der Waals surface area contributed by atoms with Crippen LogP contribution >= 0.6 is 22.6 Å². The molecule has 0 radical (unpaired) electrons. The van der Waals surface area contributed by atoms with Gasteiger partial charge in [-0.25, -0.2) is 4.98 Å². The summed E-state index contributed by atoms with van der Waals surface area (Å²) in [5.41, 5.74) is 0. The van der Waals surface area contributed by atoms with Crippen LogP contribution in [0.3, 0.4) is 0 Å². The van der Waals surface area contributed by atoms with E-state index in [0.29, 0.717) is 6.07 Å². The van der Waals surface area contributed by atoms with Crippen LogP contribution in [0.25, 0.3) is 0 Å². The zero-order valence-electron chi connectivity index (χ0n) is 5.90. The van der Waals surface area contributed by atoms with Gasteiger partial charge in [0.25, 0.3) is 0 Å². The molecule has 0 unspecified atom stereocenters. The van der Waals surface area contributed by atoms with E-state index in [-0.39, 0.29) is 3.70 Å². The van der Waals surface area contributed by atoms with Gasteiger partial charge in [0.05, 0.1) is 0 Å². The number of nitrogens with zero attached hydrogens (tertiary/aromatic N) is 1. The normalized spacial score (nSPS) is 11.5. The summed E-state index contributed by atoms with van der Waals surface area (Å²) in [6.07, 6.45) is -4.81. The van der Waals surface area contributed by atoms with E-state index in [1.807, 2.05) is 0 Å². The minimum absolute atomic E-state index is 0.0943. The van der Waals surface area contributed by atoms with Crippen molar-refractivity contribution >= 4 is 22.6 Å². The zero-order chi connectivity index (χ0) is 10.1. The van der Waals surface area contributed by atoms with E-state index in [1.165, 1.54) is 0 Å². The number of aromatic nitrogens is 1. The SMILES string of the molecule is Fc1cc(OC(F)(F)F)cc(I)n1. The Kier molecular flexibility index (Phi) is 2.94. The molecule has 0 N–H and O–H groups in total. The average Bonchev–Trinajstić information content (AvgIpc) is 1.78. The third-order valence-corrected chi connectivity index (χ3v) is 1.52. The average molecular weight is 307 g/mol. The molecule has 2 nitrogen and oxygen atoms in total. The maximum absolute atomic E-state index is 12.4. The Morgan fingerprint density at radius 1 is 1.31 bits per heavy atom. The summed E-state index contributed by atoms with van der Waals surface area (Å²) in [4.78, 5) is 3.24. The minimum atomic E-state index is -4.81. The van der Waals surface area contributed by atoms with E-state index in [9.17, 15) is 17.6 Å². The molecule has 0 saturated heterocycles. The van der Waals surface area contributed by atoms with Gasteiger partial charge in [0, 0.05) is 12.1 Å². The Bertz CT molecular complexity index is 294. The first-order valence-electron chi connectivity index (χ1n) is 2.96. The summed E-state index contributed by atoms with van der Waals surface area (Å²) in [6.45, 7) is 0. The molecule has 0 aliphatic carbocycles. The number of ether oxygens (including phenoxy) is 1. The summed E-state index contributed by atoms with van der Waals surface area (Å²) in [6, 6.07) is 1.55. The number of hydrogen-bond acceptors (Lipinski definition) is 2. The Balaban J connectivity index is 2.90. The lowest BCUT2D eigenvalue weighted by Crippen LogP contribution is -2.17. The van der Waals surface area contributed by atoms with Crippen LogP contribution in [0.5, 0.6) is 5.75 Å². The number of rotatable bonds is 1. The summed E-state index contributed by atoms with van der Waals surface area (Å²) in [5.74, 6) is -1.62. The summed E-state index contributed by atoms with van der Waals surface area (Å²) >= 11 is 1.58. The highest BCUT2D eigenvalue weighted by molar-refractivity contribution is 14.1. The van der Waals surface area contributed by atoms with Crippen molar-refractivity contribution in [3.63, 3.8) is 0 Å². The molecule has 0 amide bonds. The van der Waals surface area contributed by atoms with E-state index >= 15 is 0 Å². The summed E-state index contributed by atoms with van der Waals surface area (Å²) < 4.78 is 50.9. The highest BCUT2D eigenvalue weighted by atomic mass is 127. The lowest BCUT2D eigenvalue weighted by Gasteiger charge is -2.08. The second-order valence-electron chi connectivity index (χ2n) is 2.00. The van der Waals surface area contributed by atoms with Gasteiger partial charge in [0.2, 0.25) is 5.95 Å². The van der Waals surface area contributed by atoms with Gasteiger partial charge >= 0.3 is 6.36 Å². The van der Waals surface area contributed by atoms with Crippen molar-refractivity contribution in [3.05, 3.63) is 21.8 Å². The maximum atomic E-state index is 12.4. The molecule has 1 aromatic heterocycles. The number of alkyl halides is 3. The maximum Gasteiger partial charge on any atom is 0.573 e. The van der Waals surface area contributed by atoms with Crippen LogP contribution in [-0.2, 0) is 0 Å². The molecule has 0 spiro atoms. The van der Waals surface area contributed by atoms with Gasteiger partial charge in [-0.05, 0) is 22.6 Å². The lowest BCUT2D eigenvalue weighted by molar-refractivity contribution is -0.274. The van der Waals surface area contributed by atoms with E-state index in [4.69, 9.17) is 0 Å². The Morgan fingerprint density at radius 3 is 2.38 bits per heavy atom. The topological polar surface area (TPSA) is 22.1 Å². The van der Waals surface area contributed by atoms with Crippen LogP contribution in [0.4, 0.5) is 17.6 Å². The van der Waals surface area contributed by atoms with E-state index in [2.05, 4.69) is 9.72 Å². The van der Waals surface area contributed by atoms with Gasteiger partial charge in [0.15, 0.2) is 0 Å². The Labute approximate surface area is 84.1 Å². The first kappa shape index (κ1) is 10.5. The molecule has 0 bridgehead atoms. The molecule has 0 atom stereocenters. The summed E-state index contributed by atoms with van der Waals surface area (Å²) in [7, 11) is 0. The number of halogens is 5. The predicted molar refractivity (Wildman–Crippen MR) is 43.6 cm³/mol. The molecule has 1 aromatic rings. The van der Waals surface area contributed by atoms with Crippen LogP contribution in [0, 0.1) is 9.65 Å². The number of hydrogen-bond donors (Lipinski definition) is 0. The fourth-order valence-electron chi connectivity index (χ4n) is 0.636. The van der Waals surface area contributed by atoms with Gasteiger partial charge in [-0.15, -0.1) is 13.2 Å². The van der Waals surface area contributed by atoms with Crippen molar-refractivity contribution in [3.8, 4) is 5.75 Å². The van der Waals surface area contributed by atoms with Crippen molar-refractivity contribution in [2.75, 3.05) is 0 Å². The fraction of sp³-hybridized carbons (Fsp3) is 0.167. The Hall–Kier alpha value is -0.600. The molecular weight excluding hydrogens is 305 g/mol. The molecule has 0 saturated carbocycles. The molecule has 0 fully saturated rings. The summed E-state index contributed by atoms with van der Waals surface area (Å²) in [5, 5.41) is 0. The van der Waals surface area contributed by atoms with E-state index in [0.717, 1.165) is 6.07 Å². The minimum Gasteiger partial charge on any atom is -0.406 e. The van der Waals surface area contributed by atoms with Crippen molar-refractivity contribution in [1.29, 1.82) is 0 Å². The van der Waals surface area contributed by atoms with E-state index < -0.39 is 18.1 Å². The molecule has 0 aliphatic heterocycles. The Morgan fingerprint density at radius 2 is 1.92 bits per heavy atom. The van der Waals surface area contributed by atoms with Crippen molar-refractivity contribution in [2.24, 2.45) is 0 Å². The smallest absolute Gasteiger partial charge is 0.406 e. The predicted octanol–water partition coefficient (Wildman–Crippen LogP) is 2.72. The molecule has 1 heterocycles.